The van der Waals surface area contributed by atoms with Gasteiger partial charge in [-0.25, -0.2) is 14.4 Å². The van der Waals surface area contributed by atoms with Gasteiger partial charge in [0.1, 0.15) is 30.5 Å². The predicted molar refractivity (Wildman–Crippen MR) is 116 cm³/mol. The summed E-state index contributed by atoms with van der Waals surface area (Å²) in [6, 6.07) is 12.8. The third-order valence-corrected chi connectivity index (χ3v) is 3.79. The highest BCUT2D eigenvalue weighted by Crippen LogP contribution is 2.19. The summed E-state index contributed by atoms with van der Waals surface area (Å²) in [5, 5.41) is 8.85. The summed E-state index contributed by atoms with van der Waals surface area (Å²) in [5.41, 5.74) is 0.679. The van der Waals surface area contributed by atoms with E-state index in [1.165, 1.54) is 30.3 Å². The molecule has 0 amide bonds. The average molecular weight is 438 g/mol. The number of carbonyl (C=O) groups is 3. The number of hydrogen-bond donors (Lipinski definition) is 1. The Morgan fingerprint density at radius 1 is 0.844 bits per heavy atom. The van der Waals surface area contributed by atoms with Crippen molar-refractivity contribution in [2.45, 2.75) is 0 Å². The van der Waals surface area contributed by atoms with Crippen LogP contribution in [0.4, 0.5) is 0 Å². The van der Waals surface area contributed by atoms with E-state index in [1.807, 2.05) is 0 Å². The second kappa shape index (κ2) is 12.5. The Bertz CT molecular complexity index is 988. The fourth-order valence-corrected chi connectivity index (χ4v) is 2.17. The van der Waals surface area contributed by atoms with Gasteiger partial charge in [-0.15, -0.1) is 0 Å². The first-order valence-electron chi connectivity index (χ1n) is 9.44. The molecule has 1 N–H and O–H groups in total. The highest BCUT2D eigenvalue weighted by Gasteiger charge is 2.09. The van der Waals surface area contributed by atoms with E-state index < -0.39 is 24.5 Å². The molecule has 0 heterocycles. The summed E-state index contributed by atoms with van der Waals surface area (Å²) in [5.74, 6) is -0.768. The van der Waals surface area contributed by atoms with Crippen LogP contribution in [0.2, 0.25) is 0 Å². The second-order valence-electron chi connectivity index (χ2n) is 6.17. The van der Waals surface area contributed by atoms with Gasteiger partial charge in [0.25, 0.3) is 0 Å². The molecule has 0 bridgehead atoms. The minimum Gasteiger partial charge on any atom is -0.490 e. The van der Waals surface area contributed by atoms with Gasteiger partial charge < -0.3 is 24.1 Å². The first-order valence-corrected chi connectivity index (χ1v) is 9.44. The number of hydrogen-bond acceptors (Lipinski definition) is 8. The topological polar surface area (TPSA) is 108 Å². The molecule has 32 heavy (non-hydrogen) atoms. The number of aliphatic hydroxyl groups is 1. The molecule has 8 heteroatoms. The molecule has 0 atom stereocenters. The van der Waals surface area contributed by atoms with Gasteiger partial charge in [-0.1, -0.05) is 25.3 Å². The van der Waals surface area contributed by atoms with Crippen LogP contribution in [0.5, 0.6) is 17.2 Å². The summed E-state index contributed by atoms with van der Waals surface area (Å²) < 4.78 is 20.4. The van der Waals surface area contributed by atoms with Crippen molar-refractivity contribution in [3.8, 4) is 17.2 Å². The summed E-state index contributed by atoms with van der Waals surface area (Å²) in [4.78, 5) is 34.5. The van der Waals surface area contributed by atoms with Gasteiger partial charge in [-0.05, 0) is 48.0 Å². The van der Waals surface area contributed by atoms with Crippen molar-refractivity contribution in [2.75, 3.05) is 19.8 Å². The van der Waals surface area contributed by atoms with Crippen LogP contribution in [0.3, 0.4) is 0 Å². The van der Waals surface area contributed by atoms with Crippen molar-refractivity contribution in [1.29, 1.82) is 0 Å². The Hall–Kier alpha value is -4.17. The van der Waals surface area contributed by atoms with E-state index in [1.54, 1.807) is 30.3 Å². The maximum atomic E-state index is 12.0. The van der Waals surface area contributed by atoms with Crippen LogP contribution in [0.1, 0.15) is 5.56 Å². The van der Waals surface area contributed by atoms with E-state index in [4.69, 9.17) is 24.1 Å². The van der Waals surface area contributed by atoms with Gasteiger partial charge in [0, 0.05) is 12.2 Å². The maximum Gasteiger partial charge on any atom is 0.341 e. The smallest absolute Gasteiger partial charge is 0.341 e. The Balaban J connectivity index is 1.80. The van der Waals surface area contributed by atoms with Gasteiger partial charge in [-0.3, -0.25) is 0 Å². The fraction of sp³-hybridized carbons (Fsp3) is 0.125. The molecule has 0 aliphatic heterocycles. The normalized spacial score (nSPS) is 10.3. The average Bonchev–Trinajstić information content (AvgIpc) is 2.81. The zero-order chi connectivity index (χ0) is 23.3. The van der Waals surface area contributed by atoms with Crippen molar-refractivity contribution < 1.29 is 38.4 Å². The Morgan fingerprint density at radius 2 is 1.44 bits per heavy atom. The monoisotopic (exact) mass is 438 g/mol. The van der Waals surface area contributed by atoms with Gasteiger partial charge >= 0.3 is 17.9 Å². The van der Waals surface area contributed by atoms with Gasteiger partial charge in [0.05, 0.1) is 12.2 Å². The zero-order valence-corrected chi connectivity index (χ0v) is 17.2. The van der Waals surface area contributed by atoms with E-state index in [0.29, 0.717) is 5.75 Å². The highest BCUT2D eigenvalue weighted by molar-refractivity contribution is 5.90. The summed E-state index contributed by atoms with van der Waals surface area (Å²) in [7, 11) is 0. The van der Waals surface area contributed by atoms with E-state index in [2.05, 4.69) is 13.2 Å². The number of aliphatic hydroxyl groups excluding tert-OH is 1. The van der Waals surface area contributed by atoms with E-state index in [9.17, 15) is 14.4 Å². The number of benzene rings is 2. The van der Waals surface area contributed by atoms with Crippen LogP contribution < -0.4 is 14.2 Å². The molecular formula is C24H22O8. The lowest BCUT2D eigenvalue weighted by atomic mass is 10.2. The number of ether oxygens (including phenoxy) is 4. The van der Waals surface area contributed by atoms with E-state index in [-0.39, 0.29) is 30.3 Å². The SMILES string of the molecule is C=CC(=O)OCCOc1ccc(/C=C/C(=O)Oc2ccc(OC(=O)C(=C)CO)cc2)cc1. The first-order chi connectivity index (χ1) is 15.4. The molecule has 0 spiro atoms. The second-order valence-corrected chi connectivity index (χ2v) is 6.17. The van der Waals surface area contributed by atoms with E-state index >= 15 is 0 Å². The molecule has 2 aromatic carbocycles. The van der Waals surface area contributed by atoms with Gasteiger partial charge in [-0.2, -0.15) is 0 Å². The molecule has 2 aromatic rings. The quantitative estimate of drug-likeness (QED) is 0.247. The predicted octanol–water partition coefficient (Wildman–Crippen LogP) is 2.87. The lowest BCUT2D eigenvalue weighted by molar-refractivity contribution is -0.138. The molecule has 0 saturated heterocycles. The van der Waals surface area contributed by atoms with Gasteiger partial charge in [0.2, 0.25) is 0 Å². The molecule has 2 rings (SSSR count). The molecule has 8 nitrogen and oxygen atoms in total. The fourth-order valence-electron chi connectivity index (χ4n) is 2.17. The lowest BCUT2D eigenvalue weighted by Crippen LogP contribution is -2.12. The molecule has 0 aromatic heterocycles. The number of carbonyl (C=O) groups excluding carboxylic acids is 3. The maximum absolute atomic E-state index is 12.0. The third-order valence-electron chi connectivity index (χ3n) is 3.79. The Morgan fingerprint density at radius 3 is 2.03 bits per heavy atom. The molecule has 166 valence electrons. The van der Waals surface area contributed by atoms with Crippen LogP contribution in [-0.4, -0.2) is 42.8 Å². The van der Waals surface area contributed by atoms with Crippen LogP contribution in [0.25, 0.3) is 6.08 Å². The van der Waals surface area contributed by atoms with Crippen LogP contribution in [-0.2, 0) is 19.1 Å². The minimum atomic E-state index is -0.743. The first kappa shape index (κ1) is 24.1. The molecule has 0 fully saturated rings. The summed E-state index contributed by atoms with van der Waals surface area (Å²) in [6.45, 7) is 6.49. The Kier molecular flexibility index (Phi) is 9.42. The van der Waals surface area contributed by atoms with Gasteiger partial charge in [0.15, 0.2) is 0 Å². The molecule has 0 unspecified atom stereocenters. The lowest BCUT2D eigenvalue weighted by Gasteiger charge is -2.06. The Labute approximate surface area is 185 Å². The highest BCUT2D eigenvalue weighted by atomic mass is 16.6. The van der Waals surface area contributed by atoms with Crippen molar-refractivity contribution in [3.05, 3.63) is 85.0 Å². The summed E-state index contributed by atoms with van der Waals surface area (Å²) >= 11 is 0. The number of rotatable bonds is 11. The van der Waals surface area contributed by atoms with E-state index in [0.717, 1.165) is 11.6 Å². The van der Waals surface area contributed by atoms with Crippen LogP contribution >= 0.6 is 0 Å². The number of esters is 3. The van der Waals surface area contributed by atoms with Crippen molar-refractivity contribution in [2.24, 2.45) is 0 Å². The third kappa shape index (κ3) is 8.29. The van der Waals surface area contributed by atoms with Crippen molar-refractivity contribution in [3.63, 3.8) is 0 Å². The molecular weight excluding hydrogens is 416 g/mol. The molecule has 0 aliphatic carbocycles. The molecule has 0 aliphatic rings. The minimum absolute atomic E-state index is 0.0701. The summed E-state index contributed by atoms with van der Waals surface area (Å²) in [6.07, 6.45) is 3.93. The molecule has 0 saturated carbocycles. The zero-order valence-electron chi connectivity index (χ0n) is 17.2. The van der Waals surface area contributed by atoms with Crippen molar-refractivity contribution >= 4 is 24.0 Å². The standard InChI is InChI=1S/C24H22O8/c1-3-22(26)30-15-14-29-19-7-4-18(5-8-19)6-13-23(27)31-20-9-11-21(12-10-20)32-24(28)17(2)16-25/h3-13,25H,1-2,14-16H2/b13-6+. The van der Waals surface area contributed by atoms with Crippen LogP contribution in [0.15, 0.2) is 79.4 Å². The molecule has 0 radical (unpaired) electrons. The van der Waals surface area contributed by atoms with Crippen molar-refractivity contribution in [1.82, 2.24) is 0 Å². The van der Waals surface area contributed by atoms with Crippen LogP contribution in [0, 0.1) is 0 Å². The largest absolute Gasteiger partial charge is 0.490 e.